The molecule has 3 rings (SSSR count). The molecule has 148 valence electrons. The Morgan fingerprint density at radius 2 is 1.96 bits per heavy atom. The number of halogens is 1. The van der Waals surface area contributed by atoms with Gasteiger partial charge in [0.1, 0.15) is 4.90 Å². The van der Waals surface area contributed by atoms with E-state index in [9.17, 15) is 18.0 Å². The second kappa shape index (κ2) is 7.81. The first-order valence-corrected chi connectivity index (χ1v) is 10.4. The van der Waals surface area contributed by atoms with Crippen LogP contribution in [0.15, 0.2) is 41.3 Å². The minimum absolute atomic E-state index is 0.0174. The van der Waals surface area contributed by atoms with Gasteiger partial charge in [0.2, 0.25) is 5.91 Å². The van der Waals surface area contributed by atoms with Gasteiger partial charge in [-0.15, -0.1) is 0 Å². The Labute approximate surface area is 168 Å². The average Bonchev–Trinajstić information content (AvgIpc) is 3.07. The number of nitrogens with one attached hydrogen (secondary N) is 1. The van der Waals surface area contributed by atoms with Gasteiger partial charge in [-0.1, -0.05) is 11.6 Å². The van der Waals surface area contributed by atoms with E-state index in [1.54, 1.807) is 23.1 Å². The fourth-order valence-electron chi connectivity index (χ4n) is 3.09. The lowest BCUT2D eigenvalue weighted by Crippen LogP contribution is -2.24. The monoisotopic (exact) mass is 422 g/mol. The second-order valence-corrected chi connectivity index (χ2v) is 8.45. The maximum Gasteiger partial charge on any atom is 0.337 e. The standard InChI is InChI=1S/C19H19ClN2O5S/c1-12-10-14(6-8-16(12)22-9-3-4-18(22)23)21-28(25,26)17-11-13(19(24)27-2)5-7-15(17)20/h5-8,10-11,21H,3-4,9H2,1-2H3. The van der Waals surface area contributed by atoms with Crippen molar-refractivity contribution in [2.24, 2.45) is 0 Å². The van der Waals surface area contributed by atoms with Crippen molar-refractivity contribution in [1.29, 1.82) is 0 Å². The van der Waals surface area contributed by atoms with Crippen molar-refractivity contribution in [1.82, 2.24) is 0 Å². The molecule has 1 N–H and O–H groups in total. The Balaban J connectivity index is 1.90. The van der Waals surface area contributed by atoms with Crippen molar-refractivity contribution in [3.05, 3.63) is 52.5 Å². The van der Waals surface area contributed by atoms with Gasteiger partial charge >= 0.3 is 5.97 Å². The zero-order valence-corrected chi connectivity index (χ0v) is 16.9. The molecule has 1 amide bonds. The van der Waals surface area contributed by atoms with E-state index in [0.717, 1.165) is 17.7 Å². The van der Waals surface area contributed by atoms with E-state index in [2.05, 4.69) is 9.46 Å². The SMILES string of the molecule is COC(=O)c1ccc(Cl)c(S(=O)(=O)Nc2ccc(N3CCCC3=O)c(C)c2)c1. The number of ether oxygens (including phenoxy) is 1. The highest BCUT2D eigenvalue weighted by Gasteiger charge is 2.24. The third-order valence-corrected chi connectivity index (χ3v) is 6.32. The molecule has 0 aromatic heterocycles. The molecule has 0 spiro atoms. The first-order chi connectivity index (χ1) is 13.2. The number of rotatable bonds is 5. The molecule has 1 saturated heterocycles. The first kappa shape index (κ1) is 20.2. The largest absolute Gasteiger partial charge is 0.465 e. The molecule has 9 heteroatoms. The van der Waals surface area contributed by atoms with Gasteiger partial charge in [0.05, 0.1) is 17.7 Å². The number of carbonyl (C=O) groups is 2. The van der Waals surface area contributed by atoms with Crippen LogP contribution in [-0.4, -0.2) is 33.9 Å². The fraction of sp³-hybridized carbons (Fsp3) is 0.263. The number of sulfonamides is 1. The molecule has 0 radical (unpaired) electrons. The summed E-state index contributed by atoms with van der Waals surface area (Å²) in [5.41, 5.74) is 1.93. The van der Waals surface area contributed by atoms with Crippen LogP contribution in [-0.2, 0) is 19.6 Å². The van der Waals surface area contributed by atoms with Gasteiger partial charge in [0.15, 0.2) is 0 Å². The molecule has 28 heavy (non-hydrogen) atoms. The number of methoxy groups -OCH3 is 1. The summed E-state index contributed by atoms with van der Waals surface area (Å²) >= 11 is 6.04. The number of hydrogen-bond acceptors (Lipinski definition) is 5. The summed E-state index contributed by atoms with van der Waals surface area (Å²) in [4.78, 5) is 25.1. The summed E-state index contributed by atoms with van der Waals surface area (Å²) in [5, 5.41) is -0.0174. The zero-order chi connectivity index (χ0) is 20.5. The molecule has 0 unspecified atom stereocenters. The Bertz CT molecular complexity index is 1050. The van der Waals surface area contributed by atoms with Crippen LogP contribution in [0.4, 0.5) is 11.4 Å². The van der Waals surface area contributed by atoms with E-state index in [0.29, 0.717) is 18.7 Å². The molecule has 2 aromatic carbocycles. The van der Waals surface area contributed by atoms with Gasteiger partial charge < -0.3 is 9.64 Å². The van der Waals surface area contributed by atoms with Crippen molar-refractivity contribution >= 4 is 44.9 Å². The summed E-state index contributed by atoms with van der Waals surface area (Å²) in [6.45, 7) is 2.46. The lowest BCUT2D eigenvalue weighted by Gasteiger charge is -2.19. The zero-order valence-electron chi connectivity index (χ0n) is 15.4. The third-order valence-electron chi connectivity index (χ3n) is 4.46. The normalized spacial score (nSPS) is 14.2. The van der Waals surface area contributed by atoms with Gasteiger partial charge in [-0.25, -0.2) is 13.2 Å². The number of anilines is 2. The summed E-state index contributed by atoms with van der Waals surface area (Å²) in [6, 6.07) is 8.83. The maximum absolute atomic E-state index is 12.8. The second-order valence-electron chi connectivity index (χ2n) is 6.39. The summed E-state index contributed by atoms with van der Waals surface area (Å²) in [6.07, 6.45) is 1.32. The van der Waals surface area contributed by atoms with Crippen LogP contribution < -0.4 is 9.62 Å². The number of carbonyl (C=O) groups excluding carboxylic acids is 2. The minimum Gasteiger partial charge on any atom is -0.465 e. The topological polar surface area (TPSA) is 92.8 Å². The Morgan fingerprint density at radius 1 is 1.21 bits per heavy atom. The molecule has 0 saturated carbocycles. The molecule has 1 fully saturated rings. The van der Waals surface area contributed by atoms with E-state index < -0.39 is 16.0 Å². The van der Waals surface area contributed by atoms with E-state index in [1.165, 1.54) is 25.3 Å². The van der Waals surface area contributed by atoms with Crippen LogP contribution in [0, 0.1) is 6.92 Å². The van der Waals surface area contributed by atoms with Gasteiger partial charge in [0.25, 0.3) is 10.0 Å². The lowest BCUT2D eigenvalue weighted by atomic mass is 10.1. The van der Waals surface area contributed by atoms with Crippen LogP contribution in [0.2, 0.25) is 5.02 Å². The van der Waals surface area contributed by atoms with Gasteiger partial charge in [0, 0.05) is 24.3 Å². The van der Waals surface area contributed by atoms with Crippen LogP contribution in [0.25, 0.3) is 0 Å². The van der Waals surface area contributed by atoms with Crippen molar-refractivity contribution in [3.63, 3.8) is 0 Å². The fourth-order valence-corrected chi connectivity index (χ4v) is 4.67. The van der Waals surface area contributed by atoms with Gasteiger partial charge in [-0.3, -0.25) is 9.52 Å². The third kappa shape index (κ3) is 3.98. The molecular formula is C19H19ClN2O5S. The molecule has 1 aliphatic heterocycles. The number of benzene rings is 2. The molecule has 1 aliphatic rings. The molecule has 2 aromatic rings. The Kier molecular flexibility index (Phi) is 5.62. The van der Waals surface area contributed by atoms with E-state index >= 15 is 0 Å². The molecule has 0 bridgehead atoms. The van der Waals surface area contributed by atoms with Gasteiger partial charge in [-0.05, 0) is 55.3 Å². The average molecular weight is 423 g/mol. The summed E-state index contributed by atoms with van der Waals surface area (Å²) in [5.74, 6) is -0.605. The number of hydrogen-bond donors (Lipinski definition) is 1. The van der Waals surface area contributed by atoms with Crippen molar-refractivity contribution in [2.75, 3.05) is 23.3 Å². The highest BCUT2D eigenvalue weighted by atomic mass is 35.5. The van der Waals surface area contributed by atoms with E-state index in [-0.39, 0.29) is 21.4 Å². The van der Waals surface area contributed by atoms with Crippen LogP contribution in [0.1, 0.15) is 28.8 Å². The molecule has 1 heterocycles. The van der Waals surface area contributed by atoms with Crippen molar-refractivity contribution in [3.8, 4) is 0 Å². The Hall–Kier alpha value is -2.58. The number of amides is 1. The predicted octanol–water partition coefficient (Wildman–Crippen LogP) is 3.36. The lowest BCUT2D eigenvalue weighted by molar-refractivity contribution is -0.117. The van der Waals surface area contributed by atoms with E-state index in [1.807, 2.05) is 6.92 Å². The summed E-state index contributed by atoms with van der Waals surface area (Å²) < 4.78 is 32.6. The highest BCUT2D eigenvalue weighted by Crippen LogP contribution is 2.30. The van der Waals surface area contributed by atoms with Crippen molar-refractivity contribution in [2.45, 2.75) is 24.7 Å². The molecular weight excluding hydrogens is 404 g/mol. The maximum atomic E-state index is 12.8. The quantitative estimate of drug-likeness (QED) is 0.746. The number of esters is 1. The first-order valence-electron chi connectivity index (χ1n) is 8.54. The number of aryl methyl sites for hydroxylation is 1. The van der Waals surface area contributed by atoms with Crippen molar-refractivity contribution < 1.29 is 22.7 Å². The minimum atomic E-state index is -4.04. The highest BCUT2D eigenvalue weighted by molar-refractivity contribution is 7.92. The Morgan fingerprint density at radius 3 is 2.57 bits per heavy atom. The van der Waals surface area contributed by atoms with Gasteiger partial charge in [-0.2, -0.15) is 0 Å². The van der Waals surface area contributed by atoms with E-state index in [4.69, 9.17) is 11.6 Å². The molecule has 0 aliphatic carbocycles. The summed E-state index contributed by atoms with van der Waals surface area (Å²) in [7, 11) is -2.83. The smallest absolute Gasteiger partial charge is 0.337 e. The van der Waals surface area contributed by atoms with Crippen LogP contribution >= 0.6 is 11.6 Å². The number of nitrogens with zero attached hydrogens (tertiary/aromatic N) is 1. The molecule has 7 nitrogen and oxygen atoms in total. The molecule has 0 atom stereocenters. The van der Waals surface area contributed by atoms with Crippen LogP contribution in [0.5, 0.6) is 0 Å². The predicted molar refractivity (Wildman–Crippen MR) is 106 cm³/mol. The van der Waals surface area contributed by atoms with Crippen LogP contribution in [0.3, 0.4) is 0 Å².